The van der Waals surface area contributed by atoms with Gasteiger partial charge in [-0.15, -0.1) is 0 Å². The molecule has 4 aromatic rings. The van der Waals surface area contributed by atoms with Crippen LogP contribution in [0, 0.1) is 0 Å². The summed E-state index contributed by atoms with van der Waals surface area (Å²) in [4.78, 5) is 25.1. The van der Waals surface area contributed by atoms with Gasteiger partial charge in [-0.25, -0.2) is 4.79 Å². The molecule has 5 atom stereocenters. The van der Waals surface area contributed by atoms with E-state index >= 15 is 0 Å². The van der Waals surface area contributed by atoms with Crippen molar-refractivity contribution in [3.05, 3.63) is 88.6 Å². The number of benzene rings is 3. The first-order valence-electron chi connectivity index (χ1n) is 12.7. The molecular formula is C30H26O12. The van der Waals surface area contributed by atoms with E-state index in [0.29, 0.717) is 11.1 Å². The van der Waals surface area contributed by atoms with Crippen LogP contribution in [0.2, 0.25) is 0 Å². The predicted octanol–water partition coefficient (Wildman–Crippen LogP) is 2.02. The van der Waals surface area contributed by atoms with Gasteiger partial charge < -0.3 is 49.3 Å². The van der Waals surface area contributed by atoms with Crippen molar-refractivity contribution in [1.82, 2.24) is 0 Å². The van der Waals surface area contributed by atoms with Gasteiger partial charge in [0.05, 0.1) is 6.61 Å². The average molecular weight is 579 g/mol. The number of aliphatic hydroxyl groups excluding tert-OH is 3. The largest absolute Gasteiger partial charge is 0.508 e. The van der Waals surface area contributed by atoms with Crippen molar-refractivity contribution >= 4 is 23.0 Å². The van der Waals surface area contributed by atoms with E-state index in [2.05, 4.69) is 0 Å². The van der Waals surface area contributed by atoms with Crippen LogP contribution in [0.3, 0.4) is 0 Å². The van der Waals surface area contributed by atoms with Crippen molar-refractivity contribution in [1.29, 1.82) is 0 Å². The highest BCUT2D eigenvalue weighted by Crippen LogP contribution is 2.33. The van der Waals surface area contributed by atoms with E-state index in [4.69, 9.17) is 18.6 Å². The minimum Gasteiger partial charge on any atom is -0.508 e. The van der Waals surface area contributed by atoms with Gasteiger partial charge >= 0.3 is 5.97 Å². The quantitative estimate of drug-likeness (QED) is 0.138. The Bertz CT molecular complexity index is 1660. The molecule has 218 valence electrons. The number of phenolic OH excluding ortho intramolecular Hbond substituents is 3. The number of ether oxygens (including phenoxy) is 3. The Balaban J connectivity index is 1.33. The van der Waals surface area contributed by atoms with E-state index in [1.54, 1.807) is 12.1 Å². The molecule has 5 unspecified atom stereocenters. The zero-order valence-corrected chi connectivity index (χ0v) is 21.7. The van der Waals surface area contributed by atoms with Crippen LogP contribution in [-0.4, -0.2) is 73.9 Å². The van der Waals surface area contributed by atoms with Gasteiger partial charge in [-0.2, -0.15) is 0 Å². The SMILES string of the molecule is O=C(C=Cc1ccc(O)cc1)OC1C(CO)OC(Oc2cc(O)c3c(=O)cc(-c4ccc(O)cc4)oc3c2)C(O)C1O. The lowest BCUT2D eigenvalue weighted by atomic mass is 9.99. The molecule has 0 amide bonds. The molecule has 3 aromatic carbocycles. The Morgan fingerprint density at radius 2 is 1.57 bits per heavy atom. The molecule has 2 heterocycles. The molecule has 1 aliphatic heterocycles. The van der Waals surface area contributed by atoms with Crippen molar-refractivity contribution in [2.75, 3.05) is 6.61 Å². The minimum absolute atomic E-state index is 0.0205. The van der Waals surface area contributed by atoms with Crippen molar-refractivity contribution in [3.63, 3.8) is 0 Å². The lowest BCUT2D eigenvalue weighted by Gasteiger charge is -2.41. The molecule has 12 heteroatoms. The summed E-state index contributed by atoms with van der Waals surface area (Å²) in [5.74, 6) is -1.25. The van der Waals surface area contributed by atoms with Crippen LogP contribution in [0.1, 0.15) is 5.56 Å². The fraction of sp³-hybridized carbons (Fsp3) is 0.200. The second kappa shape index (κ2) is 11.9. The topological polar surface area (TPSA) is 196 Å². The normalized spacial score (nSPS) is 22.3. The second-order valence-electron chi connectivity index (χ2n) is 9.49. The molecule has 5 rings (SSSR count). The Labute approximate surface area is 237 Å². The number of rotatable bonds is 7. The number of esters is 1. The molecule has 6 N–H and O–H groups in total. The summed E-state index contributed by atoms with van der Waals surface area (Å²) in [5.41, 5.74) is 0.465. The number of carbonyl (C=O) groups excluding carboxylic acids is 1. The standard InChI is InChI=1S/C30H26O12/c31-14-24-29(42-25(36)10-3-15-1-6-17(32)7-2-15)27(37)28(38)30(41-24)39-19-11-20(34)26-21(35)13-22(40-23(26)12-19)16-4-8-18(33)9-5-16/h1-13,24,27-34,37-38H,14H2. The van der Waals surface area contributed by atoms with Crippen molar-refractivity contribution in [3.8, 4) is 34.3 Å². The molecule has 0 radical (unpaired) electrons. The van der Waals surface area contributed by atoms with Crippen molar-refractivity contribution < 1.29 is 54.1 Å². The Morgan fingerprint density at radius 3 is 2.24 bits per heavy atom. The Morgan fingerprint density at radius 1 is 0.905 bits per heavy atom. The first-order chi connectivity index (χ1) is 20.1. The third kappa shape index (κ3) is 6.06. The lowest BCUT2D eigenvalue weighted by Crippen LogP contribution is -2.61. The molecule has 0 spiro atoms. The van der Waals surface area contributed by atoms with E-state index < -0.39 is 54.5 Å². The molecule has 1 saturated heterocycles. The summed E-state index contributed by atoms with van der Waals surface area (Å²) in [6.07, 6.45) is -5.36. The van der Waals surface area contributed by atoms with E-state index in [1.165, 1.54) is 54.6 Å². The highest BCUT2D eigenvalue weighted by molar-refractivity contribution is 5.87. The second-order valence-corrected chi connectivity index (χ2v) is 9.49. The molecule has 42 heavy (non-hydrogen) atoms. The van der Waals surface area contributed by atoms with Crippen molar-refractivity contribution in [2.45, 2.75) is 30.7 Å². The first kappa shape index (κ1) is 28.6. The first-order valence-corrected chi connectivity index (χ1v) is 12.7. The van der Waals surface area contributed by atoms with Crippen LogP contribution < -0.4 is 10.2 Å². The summed E-state index contributed by atoms with van der Waals surface area (Å²) in [5, 5.41) is 60.6. The number of aromatic hydroxyl groups is 3. The fourth-order valence-corrected chi connectivity index (χ4v) is 4.43. The zero-order valence-electron chi connectivity index (χ0n) is 21.7. The number of aliphatic hydroxyl groups is 3. The van der Waals surface area contributed by atoms with Crippen LogP contribution in [-0.2, 0) is 14.3 Å². The summed E-state index contributed by atoms with van der Waals surface area (Å²) >= 11 is 0. The third-order valence-electron chi connectivity index (χ3n) is 6.57. The van der Waals surface area contributed by atoms with Gasteiger partial charge in [0.2, 0.25) is 6.29 Å². The van der Waals surface area contributed by atoms with Gasteiger partial charge in [0.15, 0.2) is 11.5 Å². The van der Waals surface area contributed by atoms with Crippen LogP contribution in [0.15, 0.2) is 82.0 Å². The van der Waals surface area contributed by atoms with Crippen LogP contribution in [0.4, 0.5) is 0 Å². The summed E-state index contributed by atoms with van der Waals surface area (Å²) in [7, 11) is 0. The predicted molar refractivity (Wildman–Crippen MR) is 147 cm³/mol. The molecular weight excluding hydrogens is 552 g/mol. The zero-order chi connectivity index (χ0) is 30.0. The third-order valence-corrected chi connectivity index (χ3v) is 6.57. The number of hydrogen-bond donors (Lipinski definition) is 6. The molecule has 1 aromatic heterocycles. The van der Waals surface area contributed by atoms with Crippen LogP contribution >= 0.6 is 0 Å². The van der Waals surface area contributed by atoms with Crippen LogP contribution in [0.25, 0.3) is 28.4 Å². The van der Waals surface area contributed by atoms with Crippen LogP contribution in [0.5, 0.6) is 23.0 Å². The van der Waals surface area contributed by atoms with Gasteiger partial charge in [-0.3, -0.25) is 4.79 Å². The van der Waals surface area contributed by atoms with Gasteiger partial charge in [-0.05, 0) is 48.0 Å². The molecule has 12 nitrogen and oxygen atoms in total. The lowest BCUT2D eigenvalue weighted by molar-refractivity contribution is -0.280. The number of fused-ring (bicyclic) bond motifs is 1. The Hall–Kier alpha value is -4.88. The van der Waals surface area contributed by atoms with Crippen molar-refractivity contribution in [2.24, 2.45) is 0 Å². The number of phenols is 3. The maximum Gasteiger partial charge on any atom is 0.331 e. The van der Waals surface area contributed by atoms with E-state index in [-0.39, 0.29) is 34.0 Å². The highest BCUT2D eigenvalue weighted by Gasteiger charge is 2.47. The number of carbonyl (C=O) groups is 1. The molecule has 0 saturated carbocycles. The van der Waals surface area contributed by atoms with E-state index in [1.807, 2.05) is 0 Å². The average Bonchev–Trinajstić information content (AvgIpc) is 2.96. The maximum absolute atomic E-state index is 12.7. The van der Waals surface area contributed by atoms with Gasteiger partial charge in [0.25, 0.3) is 0 Å². The van der Waals surface area contributed by atoms with E-state index in [0.717, 1.165) is 12.1 Å². The highest BCUT2D eigenvalue weighted by atomic mass is 16.7. The number of hydrogen-bond acceptors (Lipinski definition) is 12. The van der Waals surface area contributed by atoms with Gasteiger partial charge in [-0.1, -0.05) is 12.1 Å². The maximum atomic E-state index is 12.7. The van der Waals surface area contributed by atoms with Gasteiger partial charge in [0.1, 0.15) is 58.0 Å². The van der Waals surface area contributed by atoms with E-state index in [9.17, 15) is 40.2 Å². The fourth-order valence-electron chi connectivity index (χ4n) is 4.43. The monoisotopic (exact) mass is 578 g/mol. The molecule has 0 aliphatic carbocycles. The summed E-state index contributed by atoms with van der Waals surface area (Å²) in [6, 6.07) is 15.4. The smallest absolute Gasteiger partial charge is 0.331 e. The summed E-state index contributed by atoms with van der Waals surface area (Å²) in [6.45, 7) is -0.711. The molecule has 0 bridgehead atoms. The molecule has 1 aliphatic rings. The van der Waals surface area contributed by atoms with Gasteiger partial charge in [0, 0.05) is 29.8 Å². The Kier molecular flexibility index (Phi) is 8.13. The minimum atomic E-state index is -1.76. The summed E-state index contributed by atoms with van der Waals surface area (Å²) < 4.78 is 22.3. The molecule has 1 fully saturated rings.